The van der Waals surface area contributed by atoms with Gasteiger partial charge in [0.05, 0.1) is 19.5 Å². The summed E-state index contributed by atoms with van der Waals surface area (Å²) in [4.78, 5) is 68.9. The Morgan fingerprint density at radius 2 is 1.94 bits per heavy atom. The van der Waals surface area contributed by atoms with Crippen LogP contribution in [0.4, 0.5) is 22.4 Å². The SMILES string of the molecule is N#CNC(=O)[C@@]12CC1/C=C\CCCCC[C@H](NC(=O)CCC(F)(F)F)C(=O)N1C[C@H](OC(=O)N3Cc4cccc(F)c4C3)CC1C(=O)N2. The van der Waals surface area contributed by atoms with Crippen molar-refractivity contribution in [2.24, 2.45) is 5.92 Å². The van der Waals surface area contributed by atoms with Crippen molar-refractivity contribution >= 4 is 29.7 Å². The molecule has 0 bridgehead atoms. The Labute approximate surface area is 273 Å². The fraction of sp³-hybridized carbons (Fsp3) is 0.562. The van der Waals surface area contributed by atoms with E-state index in [4.69, 9.17) is 10.00 Å². The molecule has 2 unspecified atom stereocenters. The number of ether oxygens (including phenoxy) is 1. The summed E-state index contributed by atoms with van der Waals surface area (Å²) in [6.45, 7) is -0.242. The molecule has 5 rings (SSSR count). The van der Waals surface area contributed by atoms with E-state index in [0.717, 1.165) is 4.90 Å². The van der Waals surface area contributed by atoms with E-state index in [1.807, 2.05) is 6.08 Å². The standard InChI is InChI=1S/C32H36F4N6O6/c33-23-9-6-7-19-15-41(17-22(19)23)30(47)48-21-13-25-27(44)40-31(29(46)38-18-37)14-20(31)8-4-2-1-3-5-10-24(28(45)42(25)16-21)39-26(43)11-12-32(34,35)36/h4,6-9,20-21,24-25H,1-3,5,10-17H2,(H,38,46)(H,39,43)(H,40,44)/b8-4-/t20?,21-,24+,25?,31-/m1/s1. The summed E-state index contributed by atoms with van der Waals surface area (Å²) in [6.07, 6.45) is -0.990. The van der Waals surface area contributed by atoms with Gasteiger partial charge in [-0.15, -0.1) is 0 Å². The Morgan fingerprint density at radius 3 is 2.67 bits per heavy atom. The smallest absolute Gasteiger partial charge is 0.410 e. The van der Waals surface area contributed by atoms with Gasteiger partial charge in [0.1, 0.15) is 29.5 Å². The molecule has 0 radical (unpaired) electrons. The van der Waals surface area contributed by atoms with Crippen LogP contribution in [0.3, 0.4) is 0 Å². The number of amides is 5. The summed E-state index contributed by atoms with van der Waals surface area (Å²) in [5.41, 5.74) is -0.497. The highest BCUT2D eigenvalue weighted by Crippen LogP contribution is 2.45. The van der Waals surface area contributed by atoms with Crippen LogP contribution in [0, 0.1) is 23.2 Å². The number of allylic oxidation sites excluding steroid dienone is 1. The van der Waals surface area contributed by atoms with Crippen LogP contribution >= 0.6 is 0 Å². The van der Waals surface area contributed by atoms with Crippen LogP contribution in [0.1, 0.15) is 68.9 Å². The van der Waals surface area contributed by atoms with Gasteiger partial charge >= 0.3 is 12.3 Å². The molecule has 2 fully saturated rings. The molecule has 3 N–H and O–H groups in total. The zero-order valence-electron chi connectivity index (χ0n) is 26.0. The van der Waals surface area contributed by atoms with Crippen LogP contribution in [-0.4, -0.2) is 76.0 Å². The van der Waals surface area contributed by atoms with E-state index in [-0.39, 0.29) is 38.9 Å². The second kappa shape index (κ2) is 14.2. The van der Waals surface area contributed by atoms with Crippen molar-refractivity contribution in [3.8, 4) is 6.19 Å². The second-order valence-electron chi connectivity index (χ2n) is 12.6. The van der Waals surface area contributed by atoms with Gasteiger partial charge in [0.2, 0.25) is 17.7 Å². The normalized spacial score (nSPS) is 28.0. The number of fused-ring (bicyclic) bond motifs is 3. The fourth-order valence-corrected chi connectivity index (χ4v) is 6.58. The summed E-state index contributed by atoms with van der Waals surface area (Å²) in [5.74, 6) is -4.12. The molecular weight excluding hydrogens is 640 g/mol. The minimum absolute atomic E-state index is 0.0441. The predicted molar refractivity (Wildman–Crippen MR) is 158 cm³/mol. The molecule has 5 atom stereocenters. The fourth-order valence-electron chi connectivity index (χ4n) is 6.58. The highest BCUT2D eigenvalue weighted by Gasteiger charge is 2.61. The third-order valence-electron chi connectivity index (χ3n) is 9.24. The number of alkyl halides is 3. The maximum absolute atomic E-state index is 14.3. The first-order valence-electron chi connectivity index (χ1n) is 15.9. The van der Waals surface area contributed by atoms with E-state index in [1.54, 1.807) is 18.3 Å². The highest BCUT2D eigenvalue weighted by molar-refractivity contribution is 5.99. The summed E-state index contributed by atoms with van der Waals surface area (Å²) >= 11 is 0. The van der Waals surface area contributed by atoms with E-state index in [1.165, 1.54) is 17.0 Å². The van der Waals surface area contributed by atoms with Crippen molar-refractivity contribution in [2.45, 2.75) is 101 Å². The second-order valence-corrected chi connectivity index (χ2v) is 12.6. The van der Waals surface area contributed by atoms with Crippen molar-refractivity contribution in [1.82, 2.24) is 25.8 Å². The van der Waals surface area contributed by atoms with Crippen molar-refractivity contribution in [1.29, 1.82) is 5.26 Å². The number of carbonyl (C=O) groups excluding carboxylic acids is 5. The van der Waals surface area contributed by atoms with Gasteiger partial charge in [0.25, 0.3) is 5.91 Å². The van der Waals surface area contributed by atoms with Crippen molar-refractivity contribution in [3.63, 3.8) is 0 Å². The Kier molecular flexibility index (Phi) is 10.3. The molecule has 48 heavy (non-hydrogen) atoms. The van der Waals surface area contributed by atoms with Crippen LogP contribution in [-0.2, 0) is 37.0 Å². The van der Waals surface area contributed by atoms with Gasteiger partial charge in [-0.3, -0.25) is 29.4 Å². The first kappa shape index (κ1) is 34.6. The molecule has 4 aliphatic rings. The Morgan fingerprint density at radius 1 is 1.15 bits per heavy atom. The first-order chi connectivity index (χ1) is 22.8. The third kappa shape index (κ3) is 7.88. The molecule has 5 amide bonds. The lowest BCUT2D eigenvalue weighted by molar-refractivity contribution is -0.146. The summed E-state index contributed by atoms with van der Waals surface area (Å²) in [7, 11) is 0. The molecule has 1 aromatic rings. The molecule has 12 nitrogen and oxygen atoms in total. The van der Waals surface area contributed by atoms with E-state index in [2.05, 4.69) is 16.0 Å². The van der Waals surface area contributed by atoms with Crippen LogP contribution in [0.2, 0.25) is 0 Å². The molecular formula is C32H36F4N6O6. The maximum Gasteiger partial charge on any atom is 0.410 e. The van der Waals surface area contributed by atoms with Crippen LogP contribution in [0.15, 0.2) is 30.4 Å². The molecule has 0 spiro atoms. The molecule has 1 saturated carbocycles. The molecule has 258 valence electrons. The van der Waals surface area contributed by atoms with E-state index in [0.29, 0.717) is 36.8 Å². The van der Waals surface area contributed by atoms with Crippen molar-refractivity contribution < 1.29 is 46.3 Å². The maximum atomic E-state index is 14.3. The summed E-state index contributed by atoms with van der Waals surface area (Å²) < 4.78 is 58.4. The summed E-state index contributed by atoms with van der Waals surface area (Å²) in [6, 6.07) is 1.93. The number of carbonyl (C=O) groups is 5. The van der Waals surface area contributed by atoms with E-state index in [9.17, 15) is 41.5 Å². The molecule has 16 heteroatoms. The van der Waals surface area contributed by atoms with Gasteiger partial charge in [0.15, 0.2) is 6.19 Å². The minimum atomic E-state index is -4.58. The number of nitrogens with zero attached hydrogens (tertiary/aromatic N) is 3. The van der Waals surface area contributed by atoms with Crippen molar-refractivity contribution in [3.05, 3.63) is 47.3 Å². The number of rotatable bonds is 5. The van der Waals surface area contributed by atoms with Gasteiger partial charge < -0.3 is 20.3 Å². The number of halogens is 4. The zero-order chi connectivity index (χ0) is 34.6. The molecule has 1 aliphatic carbocycles. The van der Waals surface area contributed by atoms with Crippen LogP contribution < -0.4 is 16.0 Å². The van der Waals surface area contributed by atoms with Crippen molar-refractivity contribution in [2.75, 3.05) is 6.54 Å². The average molecular weight is 677 g/mol. The molecule has 1 aromatic carbocycles. The van der Waals surface area contributed by atoms with Gasteiger partial charge in [-0.25, -0.2) is 9.18 Å². The van der Waals surface area contributed by atoms with Gasteiger partial charge in [0, 0.05) is 30.9 Å². The summed E-state index contributed by atoms with van der Waals surface area (Å²) in [5, 5.41) is 16.3. The number of benzene rings is 1. The molecule has 3 aliphatic heterocycles. The van der Waals surface area contributed by atoms with Gasteiger partial charge in [-0.1, -0.05) is 37.1 Å². The third-order valence-corrected chi connectivity index (χ3v) is 9.24. The lowest BCUT2D eigenvalue weighted by Crippen LogP contribution is -2.57. The lowest BCUT2D eigenvalue weighted by atomic mass is 10.0. The van der Waals surface area contributed by atoms with Crippen LogP contribution in [0.5, 0.6) is 0 Å². The Hall–Kier alpha value is -4.68. The predicted octanol–water partition coefficient (Wildman–Crippen LogP) is 3.07. The monoisotopic (exact) mass is 676 g/mol. The quantitative estimate of drug-likeness (QED) is 0.187. The number of hydrogen-bond donors (Lipinski definition) is 3. The topological polar surface area (TPSA) is 161 Å². The highest BCUT2D eigenvalue weighted by atomic mass is 19.4. The van der Waals surface area contributed by atoms with Crippen LogP contribution in [0.25, 0.3) is 0 Å². The molecule has 3 heterocycles. The van der Waals surface area contributed by atoms with Gasteiger partial charge in [-0.2, -0.15) is 18.4 Å². The molecule has 0 aromatic heterocycles. The molecule has 1 saturated heterocycles. The lowest BCUT2D eigenvalue weighted by Gasteiger charge is -2.29. The number of nitrogens with one attached hydrogen (secondary N) is 3. The largest absolute Gasteiger partial charge is 0.444 e. The van der Waals surface area contributed by atoms with E-state index < -0.39 is 84.2 Å². The average Bonchev–Trinajstić information content (AvgIpc) is 3.33. The zero-order valence-corrected chi connectivity index (χ0v) is 26.0. The first-order valence-corrected chi connectivity index (χ1v) is 15.9. The Bertz CT molecular complexity index is 1530. The minimum Gasteiger partial charge on any atom is -0.444 e. The van der Waals surface area contributed by atoms with E-state index >= 15 is 0 Å². The Balaban J connectivity index is 1.38. The van der Waals surface area contributed by atoms with Gasteiger partial charge in [-0.05, 0) is 37.3 Å². The number of nitriles is 1. The number of hydrogen-bond acceptors (Lipinski definition) is 7.